The molecule has 2 aromatic carbocycles. The van der Waals surface area contributed by atoms with Crippen LogP contribution >= 0.6 is 0 Å². The Morgan fingerprint density at radius 3 is 2.77 bits per heavy atom. The van der Waals surface area contributed by atoms with Crippen LogP contribution in [0.3, 0.4) is 0 Å². The highest BCUT2D eigenvalue weighted by Crippen LogP contribution is 2.63. The van der Waals surface area contributed by atoms with Gasteiger partial charge in [-0.1, -0.05) is 36.4 Å². The Bertz CT molecular complexity index is 1200. The van der Waals surface area contributed by atoms with Crippen molar-refractivity contribution >= 4 is 12.0 Å². The Labute approximate surface area is 183 Å². The van der Waals surface area contributed by atoms with Gasteiger partial charge in [0, 0.05) is 41.3 Å². The number of hydrogen-bond donors (Lipinski definition) is 1. The number of benzene rings is 2. The van der Waals surface area contributed by atoms with Gasteiger partial charge in [0.2, 0.25) is 0 Å². The molecule has 0 saturated carbocycles. The molecule has 2 aromatic rings. The number of nitrogens with zero attached hydrogens (tertiary/aromatic N) is 2. The number of quaternary nitrogens is 1. The van der Waals surface area contributed by atoms with E-state index in [1.807, 2.05) is 12.1 Å². The minimum Gasteiger partial charge on any atom is -0.357 e. The third-order valence-electron chi connectivity index (χ3n) is 8.44. The van der Waals surface area contributed by atoms with Crippen molar-refractivity contribution in [2.45, 2.75) is 37.8 Å². The van der Waals surface area contributed by atoms with Crippen molar-refractivity contribution in [1.29, 1.82) is 5.26 Å². The van der Waals surface area contributed by atoms with Crippen molar-refractivity contribution < 1.29 is 9.28 Å². The third kappa shape index (κ3) is 2.30. The fraction of sp³-hybridized carbons (Fsp3) is 0.333. The van der Waals surface area contributed by atoms with Crippen LogP contribution in [0.15, 0.2) is 71.5 Å². The predicted molar refractivity (Wildman–Crippen MR) is 120 cm³/mol. The first-order chi connectivity index (χ1) is 15.1. The van der Waals surface area contributed by atoms with Crippen LogP contribution in [-0.2, 0) is 16.8 Å². The maximum absolute atomic E-state index is 12.4. The number of aldehydes is 1. The van der Waals surface area contributed by atoms with Gasteiger partial charge in [0.05, 0.1) is 23.6 Å². The smallest absolute Gasteiger partial charge is 0.148 e. The number of piperidine rings is 1. The molecule has 4 aliphatic rings. The van der Waals surface area contributed by atoms with Crippen molar-refractivity contribution in [3.63, 3.8) is 0 Å². The molecule has 2 fully saturated rings. The number of rotatable bonds is 3. The molecule has 1 aliphatic carbocycles. The molecule has 0 aromatic heterocycles. The monoisotopic (exact) mass is 408 g/mol. The number of nitriles is 1. The summed E-state index contributed by atoms with van der Waals surface area (Å²) in [6, 6.07) is 19.4. The number of carbonyl (C=O) groups excluding carboxylic acids is 1. The highest BCUT2D eigenvalue weighted by atomic mass is 16.1. The van der Waals surface area contributed by atoms with Crippen molar-refractivity contribution in [1.82, 2.24) is 0 Å². The van der Waals surface area contributed by atoms with Gasteiger partial charge >= 0.3 is 0 Å². The molecule has 4 nitrogen and oxygen atoms in total. The second-order valence-corrected chi connectivity index (χ2v) is 9.57. The molecule has 4 atom stereocenters. The second-order valence-electron chi connectivity index (χ2n) is 9.57. The Hall–Kier alpha value is -3.16. The van der Waals surface area contributed by atoms with Crippen molar-refractivity contribution in [2.75, 3.05) is 18.4 Å². The van der Waals surface area contributed by atoms with Crippen molar-refractivity contribution in [2.24, 2.45) is 5.92 Å². The van der Waals surface area contributed by atoms with Crippen LogP contribution in [0, 0.1) is 17.2 Å². The van der Waals surface area contributed by atoms with E-state index in [9.17, 15) is 10.1 Å². The summed E-state index contributed by atoms with van der Waals surface area (Å²) in [5.74, 6) is 0.225. The Morgan fingerprint density at radius 2 is 2.03 bits per heavy atom. The zero-order valence-corrected chi connectivity index (χ0v) is 17.8. The summed E-state index contributed by atoms with van der Waals surface area (Å²) >= 11 is 0. The van der Waals surface area contributed by atoms with Gasteiger partial charge in [-0.25, -0.2) is 0 Å². The van der Waals surface area contributed by atoms with Gasteiger partial charge in [0.1, 0.15) is 25.4 Å². The maximum atomic E-state index is 12.4. The molecule has 6 rings (SSSR count). The summed E-state index contributed by atoms with van der Waals surface area (Å²) in [5, 5.41) is 12.9. The zero-order chi connectivity index (χ0) is 21.2. The van der Waals surface area contributed by atoms with Gasteiger partial charge in [-0.2, -0.15) is 5.26 Å². The maximum Gasteiger partial charge on any atom is 0.148 e. The van der Waals surface area contributed by atoms with Gasteiger partial charge in [-0.05, 0) is 36.3 Å². The summed E-state index contributed by atoms with van der Waals surface area (Å²) < 4.78 is 1.04. The first-order valence-corrected chi connectivity index (χ1v) is 11.2. The standard InChI is InChI=1S/C27H25N3O/c1-2-20-16-30(15-19-9-7-18(14-28)8-10-19)12-11-27-23-5-3-4-6-24(23)29-26(27)22(17-31)21(20)13-25(27)30/h2-10,17,21,25H,11-13,15-16H2,1H3/p+1/b20-2-/t21-,25-,27+,30?/m0/s1. The predicted octanol–water partition coefficient (Wildman–Crippen LogP) is 4.44. The highest BCUT2D eigenvalue weighted by molar-refractivity contribution is 5.84. The van der Waals surface area contributed by atoms with E-state index in [1.165, 1.54) is 28.1 Å². The van der Waals surface area contributed by atoms with E-state index in [-0.39, 0.29) is 11.3 Å². The van der Waals surface area contributed by atoms with Gasteiger partial charge < -0.3 is 9.80 Å². The molecule has 154 valence electrons. The van der Waals surface area contributed by atoms with E-state index in [0.717, 1.165) is 48.8 Å². The second kappa shape index (κ2) is 6.42. The fourth-order valence-corrected chi connectivity index (χ4v) is 7.18. The lowest BCUT2D eigenvalue weighted by Crippen LogP contribution is -2.62. The number of allylic oxidation sites excluding steroid dienone is 2. The van der Waals surface area contributed by atoms with Gasteiger partial charge in [0.25, 0.3) is 0 Å². The van der Waals surface area contributed by atoms with Crippen LogP contribution < -0.4 is 5.32 Å². The number of nitrogens with one attached hydrogen (secondary N) is 1. The Kier molecular flexibility index (Phi) is 3.85. The Morgan fingerprint density at radius 1 is 1.23 bits per heavy atom. The Balaban J connectivity index is 1.54. The van der Waals surface area contributed by atoms with Crippen molar-refractivity contribution in [3.8, 4) is 6.07 Å². The quantitative estimate of drug-likeness (QED) is 0.464. The molecule has 1 N–H and O–H groups in total. The number of fused-ring (bicyclic) bond motifs is 2. The van der Waals surface area contributed by atoms with Crippen LogP contribution in [-0.4, -0.2) is 29.9 Å². The fourth-order valence-electron chi connectivity index (χ4n) is 7.18. The summed E-state index contributed by atoms with van der Waals surface area (Å²) in [7, 11) is 0. The topological polar surface area (TPSA) is 52.9 Å². The van der Waals surface area contributed by atoms with Crippen LogP contribution in [0.1, 0.15) is 36.5 Å². The minimum absolute atomic E-state index is 0.0881. The zero-order valence-electron chi connectivity index (χ0n) is 17.8. The third-order valence-corrected chi connectivity index (χ3v) is 8.44. The van der Waals surface area contributed by atoms with E-state index in [1.54, 1.807) is 0 Å². The SMILES string of the molecule is C/C=C1/C[N+]2(Cc3ccc(C#N)cc3)CC[C@]34C(=C(C=O)[C@H]1C[C@@H]32)Nc1ccccc14. The summed E-state index contributed by atoms with van der Waals surface area (Å²) in [5.41, 5.74) is 7.99. The first-order valence-electron chi connectivity index (χ1n) is 11.2. The lowest BCUT2D eigenvalue weighted by atomic mass is 9.61. The normalized spacial score (nSPS) is 33.5. The van der Waals surface area contributed by atoms with E-state index in [4.69, 9.17) is 0 Å². The van der Waals surface area contributed by atoms with E-state index in [0.29, 0.717) is 11.6 Å². The molecule has 0 radical (unpaired) electrons. The van der Waals surface area contributed by atoms with Gasteiger partial charge in [-0.15, -0.1) is 0 Å². The van der Waals surface area contributed by atoms with Crippen LogP contribution in [0.25, 0.3) is 0 Å². The molecule has 2 bridgehead atoms. The first kappa shape index (κ1) is 18.6. The summed E-state index contributed by atoms with van der Waals surface area (Å²) in [6.45, 7) is 5.19. The molecule has 2 saturated heterocycles. The van der Waals surface area contributed by atoms with Crippen LogP contribution in [0.2, 0.25) is 0 Å². The lowest BCUT2D eigenvalue weighted by molar-refractivity contribution is -0.954. The van der Waals surface area contributed by atoms with Gasteiger partial charge in [0.15, 0.2) is 0 Å². The molecule has 4 heteroatoms. The van der Waals surface area contributed by atoms with E-state index >= 15 is 0 Å². The van der Waals surface area contributed by atoms with E-state index in [2.05, 4.69) is 60.8 Å². The molecular formula is C27H26N3O+. The molecule has 3 heterocycles. The molecule has 3 aliphatic heterocycles. The molecule has 0 amide bonds. The van der Waals surface area contributed by atoms with Crippen LogP contribution in [0.4, 0.5) is 5.69 Å². The average molecular weight is 409 g/mol. The number of carbonyl (C=O) groups is 1. The van der Waals surface area contributed by atoms with Crippen molar-refractivity contribution in [3.05, 3.63) is 88.1 Å². The molecule has 1 spiro atoms. The summed E-state index contributed by atoms with van der Waals surface area (Å²) in [4.78, 5) is 12.4. The van der Waals surface area contributed by atoms with Crippen LogP contribution in [0.5, 0.6) is 0 Å². The average Bonchev–Trinajstić information content (AvgIpc) is 3.33. The van der Waals surface area contributed by atoms with Gasteiger partial charge in [-0.3, -0.25) is 4.79 Å². The number of hydrogen-bond acceptors (Lipinski definition) is 3. The van der Waals surface area contributed by atoms with E-state index < -0.39 is 0 Å². The molecule has 31 heavy (non-hydrogen) atoms. The molecular weight excluding hydrogens is 382 g/mol. The highest BCUT2D eigenvalue weighted by Gasteiger charge is 2.68. The molecule has 1 unspecified atom stereocenters. The minimum atomic E-state index is -0.0881. The largest absolute Gasteiger partial charge is 0.357 e. The number of anilines is 1. The number of para-hydroxylation sites is 1. The summed E-state index contributed by atoms with van der Waals surface area (Å²) in [6.07, 6.45) is 5.47. The lowest BCUT2D eigenvalue weighted by Gasteiger charge is -2.53.